The Labute approximate surface area is 164 Å². The summed E-state index contributed by atoms with van der Waals surface area (Å²) in [5, 5.41) is 6.88. The molecule has 1 unspecified atom stereocenters. The summed E-state index contributed by atoms with van der Waals surface area (Å²) in [4.78, 5) is 30.8. The van der Waals surface area contributed by atoms with Crippen LogP contribution >= 0.6 is 0 Å². The van der Waals surface area contributed by atoms with Gasteiger partial charge >= 0.3 is 0 Å². The molecule has 0 radical (unpaired) electrons. The van der Waals surface area contributed by atoms with Crippen molar-refractivity contribution in [2.45, 2.75) is 25.6 Å². The molecule has 0 saturated carbocycles. The first-order chi connectivity index (χ1) is 13.9. The van der Waals surface area contributed by atoms with E-state index in [1.807, 2.05) is 4.57 Å². The van der Waals surface area contributed by atoms with Gasteiger partial charge in [0, 0.05) is 32.2 Å². The third kappa shape index (κ3) is 3.73. The molecule has 1 aromatic carbocycles. The molecule has 4 rings (SSSR count). The predicted molar refractivity (Wildman–Crippen MR) is 99.2 cm³/mol. The van der Waals surface area contributed by atoms with Crippen LogP contribution in [-0.4, -0.2) is 44.2 Å². The molecule has 1 atom stereocenters. The van der Waals surface area contributed by atoms with Gasteiger partial charge in [-0.2, -0.15) is 5.10 Å². The summed E-state index contributed by atoms with van der Waals surface area (Å²) in [6.07, 6.45) is 5.39. The molecule has 0 spiro atoms. The number of halogens is 2. The van der Waals surface area contributed by atoms with E-state index in [2.05, 4.69) is 15.4 Å². The first kappa shape index (κ1) is 18.8. The number of benzene rings is 1. The van der Waals surface area contributed by atoms with Crippen LogP contribution < -0.4 is 10.2 Å². The van der Waals surface area contributed by atoms with Crippen LogP contribution in [0.1, 0.15) is 22.5 Å². The molecular weight excluding hydrogens is 382 g/mol. The Bertz CT molecular complexity index is 1080. The van der Waals surface area contributed by atoms with Gasteiger partial charge in [0.2, 0.25) is 5.95 Å². The van der Waals surface area contributed by atoms with Gasteiger partial charge < -0.3 is 9.88 Å². The van der Waals surface area contributed by atoms with E-state index in [4.69, 9.17) is 0 Å². The van der Waals surface area contributed by atoms with Gasteiger partial charge in [-0.15, -0.1) is 0 Å². The quantitative estimate of drug-likeness (QED) is 0.721. The van der Waals surface area contributed by atoms with Crippen LogP contribution in [-0.2, 0) is 17.9 Å². The Kier molecular flexibility index (Phi) is 4.83. The van der Waals surface area contributed by atoms with Crippen LogP contribution in [0.3, 0.4) is 0 Å². The molecule has 2 aromatic heterocycles. The van der Waals surface area contributed by atoms with Gasteiger partial charge in [-0.25, -0.2) is 13.8 Å². The normalized spacial score (nSPS) is 16.4. The third-order valence-electron chi connectivity index (χ3n) is 4.79. The Hall–Kier alpha value is -3.56. The number of carbonyl (C=O) groups is 2. The second-order valence-corrected chi connectivity index (χ2v) is 6.78. The maximum absolute atomic E-state index is 13.3. The standard InChI is InChI=1S/C19H18F2N6O2/c1-25-18(29)16(4-7-26-9-6-22-19(25)26)23-17(28)15-5-8-27(24-15)11-12-2-3-13(20)14(21)10-12/h2-3,5-6,8-10,16H,4,7,11H2,1H3,(H,23,28). The van der Waals surface area contributed by atoms with E-state index in [0.717, 1.165) is 12.1 Å². The van der Waals surface area contributed by atoms with Gasteiger partial charge in [0.15, 0.2) is 11.6 Å². The molecule has 1 aliphatic rings. The number of aromatic nitrogens is 4. The van der Waals surface area contributed by atoms with Crippen LogP contribution in [0.2, 0.25) is 0 Å². The molecule has 8 nitrogen and oxygen atoms in total. The predicted octanol–water partition coefficient (Wildman–Crippen LogP) is 1.57. The number of imidazole rings is 1. The van der Waals surface area contributed by atoms with Crippen LogP contribution in [0.5, 0.6) is 0 Å². The van der Waals surface area contributed by atoms with Crippen molar-refractivity contribution in [3.8, 4) is 0 Å². The van der Waals surface area contributed by atoms with E-state index < -0.39 is 23.6 Å². The van der Waals surface area contributed by atoms with E-state index in [9.17, 15) is 18.4 Å². The van der Waals surface area contributed by atoms with E-state index in [1.165, 1.54) is 21.7 Å². The summed E-state index contributed by atoms with van der Waals surface area (Å²) in [6.45, 7) is 0.720. The molecule has 10 heteroatoms. The molecular formula is C19H18F2N6O2. The number of nitrogens with zero attached hydrogens (tertiary/aromatic N) is 5. The molecule has 0 saturated heterocycles. The van der Waals surface area contributed by atoms with Crippen molar-refractivity contribution in [3.05, 3.63) is 65.7 Å². The van der Waals surface area contributed by atoms with Gasteiger partial charge in [-0.05, 0) is 30.2 Å². The van der Waals surface area contributed by atoms with Gasteiger partial charge in [0.1, 0.15) is 11.7 Å². The largest absolute Gasteiger partial charge is 0.339 e. The molecule has 0 fully saturated rings. The highest BCUT2D eigenvalue weighted by Crippen LogP contribution is 2.18. The lowest BCUT2D eigenvalue weighted by molar-refractivity contribution is -0.120. The smallest absolute Gasteiger partial charge is 0.272 e. The highest BCUT2D eigenvalue weighted by Gasteiger charge is 2.30. The third-order valence-corrected chi connectivity index (χ3v) is 4.79. The summed E-state index contributed by atoms with van der Waals surface area (Å²) in [5.41, 5.74) is 0.638. The average Bonchev–Trinajstić information content (AvgIpc) is 3.34. The number of hydrogen-bond donors (Lipinski definition) is 1. The number of fused-ring (bicyclic) bond motifs is 1. The molecule has 3 heterocycles. The average molecular weight is 400 g/mol. The number of likely N-dealkylation sites (N-methyl/N-ethyl adjacent to an activating group) is 1. The van der Waals surface area contributed by atoms with Gasteiger partial charge in [-0.1, -0.05) is 6.07 Å². The molecule has 1 N–H and O–H groups in total. The van der Waals surface area contributed by atoms with Gasteiger partial charge in [-0.3, -0.25) is 19.2 Å². The lowest BCUT2D eigenvalue weighted by Crippen LogP contribution is -2.47. The number of carbonyl (C=O) groups excluding carboxylic acids is 2. The lowest BCUT2D eigenvalue weighted by atomic mass is 10.2. The molecule has 0 aliphatic carbocycles. The number of hydrogen-bond acceptors (Lipinski definition) is 4. The number of anilines is 1. The van der Waals surface area contributed by atoms with Crippen molar-refractivity contribution in [1.82, 2.24) is 24.6 Å². The number of aryl methyl sites for hydroxylation is 1. The summed E-state index contributed by atoms with van der Waals surface area (Å²) in [5.74, 6) is -2.08. The lowest BCUT2D eigenvalue weighted by Gasteiger charge is -2.19. The minimum absolute atomic E-state index is 0.130. The second kappa shape index (κ2) is 7.46. The number of rotatable bonds is 4. The van der Waals surface area contributed by atoms with E-state index in [-0.39, 0.29) is 18.1 Å². The van der Waals surface area contributed by atoms with Crippen molar-refractivity contribution < 1.29 is 18.4 Å². The highest BCUT2D eigenvalue weighted by molar-refractivity contribution is 6.00. The zero-order chi connectivity index (χ0) is 20.5. The molecule has 1 aliphatic heterocycles. The summed E-state index contributed by atoms with van der Waals surface area (Å²) >= 11 is 0. The Morgan fingerprint density at radius 2 is 2.07 bits per heavy atom. The van der Waals surface area contributed by atoms with E-state index >= 15 is 0 Å². The highest BCUT2D eigenvalue weighted by atomic mass is 19.2. The molecule has 0 bridgehead atoms. The Morgan fingerprint density at radius 1 is 1.24 bits per heavy atom. The maximum Gasteiger partial charge on any atom is 0.272 e. The molecule has 29 heavy (non-hydrogen) atoms. The van der Waals surface area contributed by atoms with Crippen molar-refractivity contribution in [2.24, 2.45) is 0 Å². The maximum atomic E-state index is 13.3. The zero-order valence-corrected chi connectivity index (χ0v) is 15.5. The SMILES string of the molecule is CN1C(=O)C(NC(=O)c2ccn(Cc3ccc(F)c(F)c3)n2)CCn2ccnc21. The van der Waals surface area contributed by atoms with Crippen LogP contribution in [0.25, 0.3) is 0 Å². The van der Waals surface area contributed by atoms with Crippen molar-refractivity contribution in [2.75, 3.05) is 11.9 Å². The monoisotopic (exact) mass is 400 g/mol. The number of amides is 2. The van der Waals surface area contributed by atoms with Crippen molar-refractivity contribution in [1.29, 1.82) is 0 Å². The van der Waals surface area contributed by atoms with Gasteiger partial charge in [0.05, 0.1) is 6.54 Å². The van der Waals surface area contributed by atoms with Crippen molar-refractivity contribution in [3.63, 3.8) is 0 Å². The first-order valence-electron chi connectivity index (χ1n) is 8.99. The van der Waals surface area contributed by atoms with Crippen LogP contribution in [0.4, 0.5) is 14.7 Å². The van der Waals surface area contributed by atoms with Crippen molar-refractivity contribution >= 4 is 17.8 Å². The van der Waals surface area contributed by atoms with E-state index in [1.54, 1.807) is 25.6 Å². The Balaban J connectivity index is 1.43. The molecule has 2 amide bonds. The fourth-order valence-electron chi connectivity index (χ4n) is 3.26. The zero-order valence-electron chi connectivity index (χ0n) is 15.5. The minimum atomic E-state index is -0.941. The summed E-state index contributed by atoms with van der Waals surface area (Å²) in [7, 11) is 1.61. The van der Waals surface area contributed by atoms with Crippen LogP contribution in [0.15, 0.2) is 42.9 Å². The van der Waals surface area contributed by atoms with E-state index in [0.29, 0.717) is 24.5 Å². The second-order valence-electron chi connectivity index (χ2n) is 6.78. The fourth-order valence-corrected chi connectivity index (χ4v) is 3.26. The Morgan fingerprint density at radius 3 is 2.86 bits per heavy atom. The topological polar surface area (TPSA) is 85.0 Å². The minimum Gasteiger partial charge on any atom is -0.339 e. The van der Waals surface area contributed by atoms with Gasteiger partial charge in [0.25, 0.3) is 11.8 Å². The first-order valence-corrected chi connectivity index (χ1v) is 8.99. The number of nitrogens with one attached hydrogen (secondary N) is 1. The summed E-state index contributed by atoms with van der Waals surface area (Å²) < 4.78 is 29.7. The molecule has 150 valence electrons. The fraction of sp³-hybridized carbons (Fsp3) is 0.263. The van der Waals surface area contributed by atoms with Crippen LogP contribution in [0, 0.1) is 11.6 Å². The molecule has 3 aromatic rings. The summed E-state index contributed by atoms with van der Waals surface area (Å²) in [6, 6.07) is 4.38.